The predicted octanol–water partition coefficient (Wildman–Crippen LogP) is 5.48. The lowest BCUT2D eigenvalue weighted by Crippen LogP contribution is -2.27. The van der Waals surface area contributed by atoms with Crippen LogP contribution in [0.25, 0.3) is 0 Å². The van der Waals surface area contributed by atoms with Crippen LogP contribution in [-0.2, 0) is 0 Å². The lowest BCUT2D eigenvalue weighted by atomic mass is 9.97. The molecule has 0 aromatic heterocycles. The summed E-state index contributed by atoms with van der Waals surface area (Å²) in [6.07, 6.45) is 0.495. The van der Waals surface area contributed by atoms with Crippen molar-refractivity contribution in [1.82, 2.24) is 5.01 Å². The second-order valence-corrected chi connectivity index (χ2v) is 8.87. The number of benzene rings is 3. The van der Waals surface area contributed by atoms with E-state index in [0.717, 1.165) is 21.3 Å². The van der Waals surface area contributed by atoms with Crippen molar-refractivity contribution in [3.05, 3.63) is 75.8 Å². The lowest BCUT2D eigenvalue weighted by Gasteiger charge is -2.23. The summed E-state index contributed by atoms with van der Waals surface area (Å²) in [6.45, 7) is 0. The van der Waals surface area contributed by atoms with Gasteiger partial charge in [-0.3, -0.25) is 4.79 Å². The monoisotopic (exact) mass is 554 g/mol. The molecule has 3 aromatic rings. The molecular formula is C27H27BrN2O6. The highest BCUT2D eigenvalue weighted by atomic mass is 79.9. The molecule has 0 radical (unpaired) electrons. The van der Waals surface area contributed by atoms with Gasteiger partial charge in [-0.25, -0.2) is 5.01 Å². The fraction of sp³-hybridized carbons (Fsp3) is 0.259. The minimum atomic E-state index is -0.337. The van der Waals surface area contributed by atoms with Crippen LogP contribution in [0.1, 0.15) is 33.9 Å². The van der Waals surface area contributed by atoms with Gasteiger partial charge >= 0.3 is 0 Å². The third-order valence-corrected chi connectivity index (χ3v) is 6.48. The normalized spacial score (nSPS) is 14.8. The second kappa shape index (κ2) is 10.9. The molecule has 0 bridgehead atoms. The van der Waals surface area contributed by atoms with Crippen LogP contribution < -0.4 is 23.7 Å². The Balaban J connectivity index is 1.82. The maximum Gasteiger partial charge on any atom is 0.274 e. The summed E-state index contributed by atoms with van der Waals surface area (Å²) in [4.78, 5) is 13.9. The first-order chi connectivity index (χ1) is 17.4. The van der Waals surface area contributed by atoms with E-state index >= 15 is 0 Å². The van der Waals surface area contributed by atoms with Gasteiger partial charge in [0.05, 0.1) is 47.3 Å². The number of carbonyl (C=O) groups is 1. The van der Waals surface area contributed by atoms with Crippen LogP contribution in [0.5, 0.6) is 28.7 Å². The van der Waals surface area contributed by atoms with Crippen molar-refractivity contribution in [2.45, 2.75) is 12.5 Å². The molecule has 0 saturated heterocycles. The van der Waals surface area contributed by atoms with Crippen molar-refractivity contribution in [2.24, 2.45) is 5.10 Å². The smallest absolute Gasteiger partial charge is 0.274 e. The second-order valence-electron chi connectivity index (χ2n) is 7.95. The Bertz CT molecular complexity index is 1280. The molecular weight excluding hydrogens is 528 g/mol. The van der Waals surface area contributed by atoms with Crippen LogP contribution in [0.3, 0.4) is 0 Å². The summed E-state index contributed by atoms with van der Waals surface area (Å²) in [6, 6.07) is 16.3. The molecule has 0 N–H and O–H groups in total. The van der Waals surface area contributed by atoms with Gasteiger partial charge in [0, 0.05) is 28.1 Å². The van der Waals surface area contributed by atoms with E-state index in [1.807, 2.05) is 36.4 Å². The molecule has 1 heterocycles. The third kappa shape index (κ3) is 4.83. The Morgan fingerprint density at radius 3 is 2.14 bits per heavy atom. The molecule has 8 nitrogen and oxygen atoms in total. The number of ether oxygens (including phenoxy) is 5. The summed E-state index contributed by atoms with van der Waals surface area (Å²) in [5.74, 6) is 2.17. The molecule has 3 aromatic carbocycles. The van der Waals surface area contributed by atoms with Crippen LogP contribution >= 0.6 is 15.9 Å². The van der Waals surface area contributed by atoms with E-state index in [1.165, 1.54) is 26.3 Å². The zero-order valence-corrected chi connectivity index (χ0v) is 22.3. The molecule has 0 fully saturated rings. The number of methoxy groups -OCH3 is 5. The summed E-state index contributed by atoms with van der Waals surface area (Å²) < 4.78 is 28.2. The number of hydrogen-bond acceptors (Lipinski definition) is 7. The molecule has 0 saturated carbocycles. The number of halogens is 1. The highest BCUT2D eigenvalue weighted by Gasteiger charge is 2.35. The Morgan fingerprint density at radius 1 is 0.861 bits per heavy atom. The van der Waals surface area contributed by atoms with E-state index in [1.54, 1.807) is 32.4 Å². The first-order valence-corrected chi connectivity index (χ1v) is 11.9. The van der Waals surface area contributed by atoms with Gasteiger partial charge in [0.1, 0.15) is 11.5 Å². The highest BCUT2D eigenvalue weighted by Crippen LogP contribution is 2.41. The molecule has 188 valence electrons. The van der Waals surface area contributed by atoms with Crippen LogP contribution in [0.2, 0.25) is 0 Å². The van der Waals surface area contributed by atoms with Crippen LogP contribution in [-0.4, -0.2) is 52.2 Å². The number of nitrogens with zero attached hydrogens (tertiary/aromatic N) is 2. The van der Waals surface area contributed by atoms with Gasteiger partial charge in [0.15, 0.2) is 11.5 Å². The van der Waals surface area contributed by atoms with Crippen molar-refractivity contribution in [1.29, 1.82) is 0 Å². The van der Waals surface area contributed by atoms with Gasteiger partial charge in [0.25, 0.3) is 5.91 Å². The molecule has 1 amide bonds. The molecule has 1 aliphatic heterocycles. The van der Waals surface area contributed by atoms with E-state index in [9.17, 15) is 4.79 Å². The van der Waals surface area contributed by atoms with Gasteiger partial charge in [0.2, 0.25) is 5.75 Å². The zero-order valence-electron chi connectivity index (χ0n) is 20.7. The van der Waals surface area contributed by atoms with Crippen molar-refractivity contribution < 1.29 is 28.5 Å². The maximum atomic E-state index is 13.9. The maximum absolute atomic E-state index is 13.9. The van der Waals surface area contributed by atoms with E-state index in [2.05, 4.69) is 15.9 Å². The van der Waals surface area contributed by atoms with E-state index in [0.29, 0.717) is 40.7 Å². The minimum Gasteiger partial charge on any atom is -0.497 e. The summed E-state index contributed by atoms with van der Waals surface area (Å²) in [5.41, 5.74) is 2.81. The average Bonchev–Trinajstić information content (AvgIpc) is 3.36. The number of hydrazone groups is 1. The SMILES string of the molecule is COc1ccc(C2=NN(C(=O)c3cc(OC)c(OC)c(OC)c3)C(c3cccc(Br)c3)C2)c(OC)c1. The quantitative estimate of drug-likeness (QED) is 0.366. The zero-order chi connectivity index (χ0) is 25.8. The van der Waals surface area contributed by atoms with Crippen molar-refractivity contribution in [3.63, 3.8) is 0 Å². The summed E-state index contributed by atoms with van der Waals surface area (Å²) in [7, 11) is 7.74. The lowest BCUT2D eigenvalue weighted by molar-refractivity contribution is 0.0710. The Morgan fingerprint density at radius 2 is 1.56 bits per heavy atom. The standard InChI is InChI=1S/C27H27BrN2O6/c1-32-19-9-10-20(23(14-19)33-2)21-15-22(16-7-6-8-18(28)11-16)30(29-21)27(31)17-12-24(34-3)26(36-5)25(13-17)35-4/h6-14,22H,15H2,1-5H3. The summed E-state index contributed by atoms with van der Waals surface area (Å²) >= 11 is 3.54. The van der Waals surface area contributed by atoms with Crippen LogP contribution in [0.15, 0.2) is 64.2 Å². The van der Waals surface area contributed by atoms with Gasteiger partial charge < -0.3 is 23.7 Å². The number of amides is 1. The minimum absolute atomic E-state index is 0.304. The Labute approximate surface area is 218 Å². The fourth-order valence-corrected chi connectivity index (χ4v) is 4.62. The Hall–Kier alpha value is -3.72. The molecule has 36 heavy (non-hydrogen) atoms. The largest absolute Gasteiger partial charge is 0.497 e. The first kappa shape index (κ1) is 25.4. The van der Waals surface area contributed by atoms with Gasteiger partial charge in [-0.05, 0) is 42.0 Å². The first-order valence-electron chi connectivity index (χ1n) is 11.1. The van der Waals surface area contributed by atoms with Crippen LogP contribution in [0.4, 0.5) is 0 Å². The number of rotatable bonds is 8. The fourth-order valence-electron chi connectivity index (χ4n) is 4.21. The van der Waals surface area contributed by atoms with E-state index < -0.39 is 0 Å². The van der Waals surface area contributed by atoms with E-state index in [-0.39, 0.29) is 11.9 Å². The average molecular weight is 555 g/mol. The Kier molecular flexibility index (Phi) is 7.69. The van der Waals surface area contributed by atoms with Gasteiger partial charge in [-0.15, -0.1) is 0 Å². The molecule has 4 rings (SSSR count). The molecule has 0 spiro atoms. The molecule has 9 heteroatoms. The molecule has 0 aliphatic carbocycles. The third-order valence-electron chi connectivity index (χ3n) is 5.98. The van der Waals surface area contributed by atoms with Crippen molar-refractivity contribution in [2.75, 3.05) is 35.5 Å². The topological polar surface area (TPSA) is 78.8 Å². The van der Waals surface area contributed by atoms with Crippen LogP contribution in [0, 0.1) is 0 Å². The predicted molar refractivity (Wildman–Crippen MR) is 140 cm³/mol. The van der Waals surface area contributed by atoms with Gasteiger partial charge in [-0.1, -0.05) is 28.1 Å². The highest BCUT2D eigenvalue weighted by molar-refractivity contribution is 9.10. The van der Waals surface area contributed by atoms with Gasteiger partial charge in [-0.2, -0.15) is 5.10 Å². The number of carbonyl (C=O) groups excluding carboxylic acids is 1. The molecule has 1 aliphatic rings. The van der Waals surface area contributed by atoms with Crippen molar-refractivity contribution in [3.8, 4) is 28.7 Å². The molecule has 1 unspecified atom stereocenters. The number of hydrogen-bond donors (Lipinski definition) is 0. The summed E-state index contributed by atoms with van der Waals surface area (Å²) in [5, 5.41) is 6.29. The van der Waals surface area contributed by atoms with Crippen molar-refractivity contribution >= 4 is 27.5 Å². The molecule has 1 atom stereocenters. The van der Waals surface area contributed by atoms with E-state index in [4.69, 9.17) is 28.8 Å².